The zero-order valence-corrected chi connectivity index (χ0v) is 14.6. The third-order valence-corrected chi connectivity index (χ3v) is 5.64. The number of carbonyl (C=O) groups is 1. The van der Waals surface area contributed by atoms with Crippen molar-refractivity contribution in [1.82, 2.24) is 9.97 Å². The van der Waals surface area contributed by atoms with Gasteiger partial charge in [0.1, 0.15) is 5.82 Å². The smallest absolute Gasteiger partial charge is 0.344 e. The molecule has 0 saturated carbocycles. The molecule has 136 valence electrons. The van der Waals surface area contributed by atoms with Crippen LogP contribution in [-0.2, 0) is 14.6 Å². The van der Waals surface area contributed by atoms with Crippen LogP contribution in [0, 0.1) is 6.92 Å². The molecule has 0 aliphatic rings. The Kier molecular flexibility index (Phi) is 5.08. The molecule has 0 aliphatic heterocycles. The van der Waals surface area contributed by atoms with E-state index in [-0.39, 0.29) is 10.8 Å². The van der Waals surface area contributed by atoms with Crippen LogP contribution in [-0.4, -0.2) is 30.3 Å². The second-order valence-corrected chi connectivity index (χ2v) is 8.01. The maximum atomic E-state index is 13.0. The predicted molar refractivity (Wildman–Crippen MR) is 84.8 cm³/mol. The van der Waals surface area contributed by atoms with Crippen molar-refractivity contribution >= 4 is 15.6 Å². The molecule has 2 aromatic rings. The van der Waals surface area contributed by atoms with Gasteiger partial charge in [0.15, 0.2) is 15.1 Å². The van der Waals surface area contributed by atoms with Crippen LogP contribution in [0.3, 0.4) is 0 Å². The summed E-state index contributed by atoms with van der Waals surface area (Å²) < 4.78 is 64.5. The largest absolute Gasteiger partial charge is 0.451 e. The van der Waals surface area contributed by atoms with Crippen LogP contribution < -0.4 is 0 Å². The quantitative estimate of drug-likeness (QED) is 0.869. The first-order chi connectivity index (χ1) is 11.4. The zero-order valence-electron chi connectivity index (χ0n) is 13.8. The number of H-pyrrole nitrogens is 1. The van der Waals surface area contributed by atoms with Crippen LogP contribution in [0.4, 0.5) is 13.2 Å². The summed E-state index contributed by atoms with van der Waals surface area (Å²) in [5, 5.41) is -2.42. The molecule has 0 bridgehead atoms. The van der Waals surface area contributed by atoms with E-state index in [4.69, 9.17) is 0 Å². The molecule has 0 fully saturated rings. The van der Waals surface area contributed by atoms with Crippen molar-refractivity contribution in [3.05, 3.63) is 47.5 Å². The van der Waals surface area contributed by atoms with E-state index in [9.17, 15) is 26.4 Å². The molecule has 0 spiro atoms. The molecule has 1 heterocycles. The van der Waals surface area contributed by atoms with Crippen molar-refractivity contribution in [3.63, 3.8) is 0 Å². The van der Waals surface area contributed by atoms with Crippen LogP contribution in [0.2, 0.25) is 0 Å². The minimum Gasteiger partial charge on any atom is -0.344 e. The summed E-state index contributed by atoms with van der Waals surface area (Å²) >= 11 is 0. The van der Waals surface area contributed by atoms with E-state index in [1.54, 1.807) is 20.8 Å². The molecule has 0 saturated heterocycles. The van der Waals surface area contributed by atoms with Gasteiger partial charge in [-0.2, -0.15) is 13.2 Å². The Morgan fingerprint density at radius 3 is 2.16 bits per heavy atom. The molecule has 1 atom stereocenters. The number of halogens is 3. The van der Waals surface area contributed by atoms with Gasteiger partial charge >= 0.3 is 6.18 Å². The first kappa shape index (κ1) is 19.2. The Hall–Kier alpha value is -2.16. The maximum absolute atomic E-state index is 13.0. The van der Waals surface area contributed by atoms with E-state index in [1.807, 2.05) is 0 Å². The Morgan fingerprint density at radius 2 is 1.72 bits per heavy atom. The van der Waals surface area contributed by atoms with Gasteiger partial charge < -0.3 is 4.98 Å². The molecule has 25 heavy (non-hydrogen) atoms. The van der Waals surface area contributed by atoms with Crippen LogP contribution in [0.15, 0.2) is 35.4 Å². The number of ketones is 1. The van der Waals surface area contributed by atoms with Crippen LogP contribution in [0.1, 0.15) is 42.1 Å². The summed E-state index contributed by atoms with van der Waals surface area (Å²) in [6.45, 7) is 5.17. The Morgan fingerprint density at radius 1 is 1.16 bits per heavy atom. The van der Waals surface area contributed by atoms with Crippen LogP contribution >= 0.6 is 0 Å². The molecule has 5 nitrogen and oxygen atoms in total. The van der Waals surface area contributed by atoms with Gasteiger partial charge in [-0.3, -0.25) is 4.79 Å². The fourth-order valence-electron chi connectivity index (χ4n) is 2.24. The first-order valence-corrected chi connectivity index (χ1v) is 8.95. The van der Waals surface area contributed by atoms with Gasteiger partial charge in [-0.25, -0.2) is 13.4 Å². The summed E-state index contributed by atoms with van der Waals surface area (Å²) in [5.74, 6) is -2.22. The molecule has 1 aromatic carbocycles. The average Bonchev–Trinajstić information content (AvgIpc) is 2.96. The highest BCUT2D eigenvalue weighted by atomic mass is 32.2. The number of aryl methyl sites for hydroxylation is 1. The predicted octanol–water partition coefficient (Wildman–Crippen LogP) is 3.49. The first-order valence-electron chi connectivity index (χ1n) is 7.41. The van der Waals surface area contributed by atoms with Crippen molar-refractivity contribution in [1.29, 1.82) is 0 Å². The number of hydrogen-bond acceptors (Lipinski definition) is 4. The second-order valence-electron chi connectivity index (χ2n) is 5.98. The number of carbonyl (C=O) groups excluding carboxylic acids is 1. The number of sulfone groups is 1. The van der Waals surface area contributed by atoms with Gasteiger partial charge in [-0.1, -0.05) is 31.5 Å². The van der Waals surface area contributed by atoms with Gasteiger partial charge in [0.2, 0.25) is 0 Å². The summed E-state index contributed by atoms with van der Waals surface area (Å²) in [6, 6.07) is 5.27. The minimum atomic E-state index is -5.30. The van der Waals surface area contributed by atoms with Crippen molar-refractivity contribution in [2.45, 2.75) is 43.0 Å². The van der Waals surface area contributed by atoms with Crippen LogP contribution in [0.5, 0.6) is 0 Å². The molecular formula is C16H17F3N2O3S. The molecule has 0 radical (unpaired) electrons. The van der Waals surface area contributed by atoms with E-state index in [2.05, 4.69) is 9.97 Å². The second kappa shape index (κ2) is 6.62. The highest BCUT2D eigenvalue weighted by Crippen LogP contribution is 2.35. The summed E-state index contributed by atoms with van der Waals surface area (Å²) in [5.41, 5.74) is 0.341. The van der Waals surface area contributed by atoms with Gasteiger partial charge in [0, 0.05) is 5.92 Å². The molecule has 1 unspecified atom stereocenters. The van der Waals surface area contributed by atoms with Crippen LogP contribution in [0.25, 0.3) is 0 Å². The molecule has 0 aliphatic carbocycles. The molecule has 0 amide bonds. The number of aromatic amines is 1. The SMILES string of the molecule is Cc1ccc(S(=O)(=O)C(C(=O)C(F)(F)F)c2cnc(C(C)C)[nH]2)cc1. The van der Waals surface area contributed by atoms with Gasteiger partial charge in [-0.15, -0.1) is 0 Å². The molecule has 9 heteroatoms. The fourth-order valence-corrected chi connectivity index (χ4v) is 3.90. The Labute approximate surface area is 143 Å². The topological polar surface area (TPSA) is 79.9 Å². The molecule has 1 N–H and O–H groups in total. The standard InChI is InChI=1S/C16H17F3N2O3S/c1-9(2)15-20-8-12(21-15)13(14(22)16(17,18)19)25(23,24)11-6-4-10(3)5-7-11/h4-9,13H,1-3H3,(H,20,21). The van der Waals surface area contributed by atoms with Gasteiger partial charge in [0.25, 0.3) is 5.78 Å². The monoisotopic (exact) mass is 374 g/mol. The van der Waals surface area contributed by atoms with Crippen molar-refractivity contribution in [2.75, 3.05) is 0 Å². The number of nitrogens with one attached hydrogen (secondary N) is 1. The number of rotatable bonds is 5. The Bertz CT molecular complexity index is 869. The number of nitrogens with zero attached hydrogens (tertiary/aromatic N) is 1. The summed E-state index contributed by atoms with van der Waals surface area (Å²) in [6.07, 6.45) is -4.33. The highest BCUT2D eigenvalue weighted by molar-refractivity contribution is 7.92. The van der Waals surface area contributed by atoms with E-state index in [1.165, 1.54) is 24.3 Å². The number of alkyl halides is 3. The molecular weight excluding hydrogens is 357 g/mol. The highest BCUT2D eigenvalue weighted by Gasteiger charge is 2.50. The fraction of sp³-hybridized carbons (Fsp3) is 0.375. The number of Topliss-reactive ketones (excluding diaryl/α,β-unsaturated/α-hetero) is 1. The summed E-state index contributed by atoms with van der Waals surface area (Å²) in [7, 11) is -4.61. The van der Waals surface area contributed by atoms with E-state index in [0.717, 1.165) is 11.8 Å². The lowest BCUT2D eigenvalue weighted by atomic mass is 10.2. The normalized spacial score (nSPS) is 13.9. The summed E-state index contributed by atoms with van der Waals surface area (Å²) in [4.78, 5) is 17.9. The van der Waals surface area contributed by atoms with E-state index < -0.39 is 32.7 Å². The van der Waals surface area contributed by atoms with Crippen molar-refractivity contribution < 1.29 is 26.4 Å². The number of imidazole rings is 1. The Balaban J connectivity index is 2.61. The zero-order chi connectivity index (χ0) is 19.0. The molecule has 2 rings (SSSR count). The van der Waals surface area contributed by atoms with Crippen molar-refractivity contribution in [3.8, 4) is 0 Å². The maximum Gasteiger partial charge on any atom is 0.451 e. The third kappa shape index (κ3) is 3.92. The lowest BCUT2D eigenvalue weighted by Gasteiger charge is -2.17. The minimum absolute atomic E-state index is 0.169. The van der Waals surface area contributed by atoms with Gasteiger partial charge in [-0.05, 0) is 19.1 Å². The lowest BCUT2D eigenvalue weighted by molar-refractivity contribution is -0.170. The number of hydrogen-bond donors (Lipinski definition) is 1. The average molecular weight is 374 g/mol. The van der Waals surface area contributed by atoms with Gasteiger partial charge in [0.05, 0.1) is 16.8 Å². The number of aromatic nitrogens is 2. The number of benzene rings is 1. The van der Waals surface area contributed by atoms with E-state index in [0.29, 0.717) is 5.82 Å². The molecule has 1 aromatic heterocycles. The van der Waals surface area contributed by atoms with E-state index >= 15 is 0 Å². The third-order valence-electron chi connectivity index (χ3n) is 3.62. The van der Waals surface area contributed by atoms with Crippen molar-refractivity contribution in [2.24, 2.45) is 0 Å². The lowest BCUT2D eigenvalue weighted by Crippen LogP contribution is -2.34.